The summed E-state index contributed by atoms with van der Waals surface area (Å²) in [7, 11) is 0. The van der Waals surface area contributed by atoms with Crippen LogP contribution in [0.25, 0.3) is 0 Å². The first-order valence-electron chi connectivity index (χ1n) is 8.11. The molecule has 0 saturated carbocycles. The molecule has 1 saturated heterocycles. The lowest BCUT2D eigenvalue weighted by atomic mass is 10.0. The number of thiophene rings is 1. The van der Waals surface area contributed by atoms with Crippen molar-refractivity contribution in [2.45, 2.75) is 25.3 Å². The Morgan fingerprint density at radius 2 is 2.16 bits per heavy atom. The van der Waals surface area contributed by atoms with Crippen molar-refractivity contribution in [1.29, 1.82) is 0 Å². The molecule has 1 amide bonds. The van der Waals surface area contributed by atoms with Crippen molar-refractivity contribution < 1.29 is 19.1 Å². The fourth-order valence-electron chi connectivity index (χ4n) is 2.61. The molecular weight excluding hydrogens is 340 g/mol. The van der Waals surface area contributed by atoms with Crippen molar-refractivity contribution in [3.63, 3.8) is 0 Å². The summed E-state index contributed by atoms with van der Waals surface area (Å²) >= 11 is 1.22. The maximum atomic E-state index is 12.2. The molecule has 1 fully saturated rings. The largest absolute Gasteiger partial charge is 0.464 e. The smallest absolute Gasteiger partial charge is 0.328 e. The Morgan fingerprint density at radius 3 is 2.80 bits per heavy atom. The molecule has 0 radical (unpaired) electrons. The number of rotatable bonds is 7. The highest BCUT2D eigenvalue weighted by molar-refractivity contribution is 7.13. The van der Waals surface area contributed by atoms with E-state index in [0.29, 0.717) is 24.3 Å². The summed E-state index contributed by atoms with van der Waals surface area (Å²) in [5.74, 6) is -1.64. The minimum atomic E-state index is -0.644. The molecule has 1 aliphatic rings. The van der Waals surface area contributed by atoms with Gasteiger partial charge in [-0.3, -0.25) is 14.6 Å². The molecule has 0 spiro atoms. The summed E-state index contributed by atoms with van der Waals surface area (Å²) in [6.45, 7) is 0.691. The number of Topliss-reactive ketones (excluding diaryl/α,β-unsaturated/α-hetero) is 1. The van der Waals surface area contributed by atoms with Gasteiger partial charge in [-0.15, -0.1) is 11.3 Å². The van der Waals surface area contributed by atoms with Crippen LogP contribution in [-0.2, 0) is 20.7 Å². The molecule has 0 N–H and O–H groups in total. The number of amides is 1. The lowest BCUT2D eigenvalue weighted by molar-refractivity contribution is -0.160. The van der Waals surface area contributed by atoms with Gasteiger partial charge in [0.2, 0.25) is 0 Å². The number of hydrogen-bond donors (Lipinski definition) is 0. The second-order valence-electron chi connectivity index (χ2n) is 5.74. The van der Waals surface area contributed by atoms with E-state index in [0.717, 1.165) is 12.0 Å². The number of ketones is 1. The molecule has 6 nitrogen and oxygen atoms in total. The minimum absolute atomic E-state index is 0.283. The molecule has 1 atom stereocenters. The standard InChI is InChI=1S/C18H18N2O4S/c21-16(15-6-3-11-25-15)17(22)20-9-7-14(20)18(23)24-10-2-5-13-4-1-8-19-12-13/h1,3-4,6,8,11-12,14H,2,5,7,9-10H2/t14-/m0/s1. The zero-order chi connectivity index (χ0) is 17.6. The first-order chi connectivity index (χ1) is 12.2. The third kappa shape index (κ3) is 4.11. The quantitative estimate of drug-likeness (QED) is 0.328. The van der Waals surface area contributed by atoms with Crippen LogP contribution in [0.1, 0.15) is 28.1 Å². The zero-order valence-electron chi connectivity index (χ0n) is 13.6. The van der Waals surface area contributed by atoms with Crippen LogP contribution < -0.4 is 0 Å². The molecule has 0 aromatic carbocycles. The van der Waals surface area contributed by atoms with Gasteiger partial charge in [-0.05, 0) is 42.3 Å². The van der Waals surface area contributed by atoms with Crippen LogP contribution in [0, 0.1) is 0 Å². The van der Waals surface area contributed by atoms with Gasteiger partial charge < -0.3 is 9.64 Å². The molecule has 2 aromatic rings. The summed E-state index contributed by atoms with van der Waals surface area (Å²) in [6.07, 6.45) is 5.48. The molecule has 0 bridgehead atoms. The highest BCUT2D eigenvalue weighted by Gasteiger charge is 2.41. The number of nitrogens with zero attached hydrogens (tertiary/aromatic N) is 2. The normalized spacial score (nSPS) is 16.2. The molecule has 25 heavy (non-hydrogen) atoms. The van der Waals surface area contributed by atoms with Gasteiger partial charge in [0.15, 0.2) is 0 Å². The van der Waals surface area contributed by atoms with E-state index in [4.69, 9.17) is 4.74 Å². The second-order valence-corrected chi connectivity index (χ2v) is 6.69. The predicted molar refractivity (Wildman–Crippen MR) is 92.3 cm³/mol. The maximum absolute atomic E-state index is 12.2. The van der Waals surface area contributed by atoms with Crippen molar-refractivity contribution in [3.8, 4) is 0 Å². The monoisotopic (exact) mass is 358 g/mol. The Balaban J connectivity index is 1.44. The van der Waals surface area contributed by atoms with Gasteiger partial charge in [-0.2, -0.15) is 0 Å². The first-order valence-corrected chi connectivity index (χ1v) is 8.99. The number of pyridine rings is 1. The van der Waals surface area contributed by atoms with Crippen molar-refractivity contribution >= 4 is 29.0 Å². The SMILES string of the molecule is O=C(C(=O)N1CC[C@H]1C(=O)OCCCc1cccnc1)c1cccs1. The Morgan fingerprint density at radius 1 is 1.28 bits per heavy atom. The van der Waals surface area contributed by atoms with E-state index in [9.17, 15) is 14.4 Å². The number of aryl methyl sites for hydroxylation is 1. The summed E-state index contributed by atoms with van der Waals surface area (Å²) in [5, 5.41) is 1.74. The van der Waals surface area contributed by atoms with Gasteiger partial charge in [-0.1, -0.05) is 12.1 Å². The van der Waals surface area contributed by atoms with Crippen LogP contribution >= 0.6 is 11.3 Å². The number of hydrogen-bond acceptors (Lipinski definition) is 6. The zero-order valence-corrected chi connectivity index (χ0v) is 14.4. The van der Waals surface area contributed by atoms with Crippen molar-refractivity contribution in [3.05, 3.63) is 52.5 Å². The number of ether oxygens (including phenoxy) is 1. The van der Waals surface area contributed by atoms with E-state index in [-0.39, 0.29) is 6.61 Å². The van der Waals surface area contributed by atoms with Crippen LogP contribution in [0.15, 0.2) is 42.0 Å². The van der Waals surface area contributed by atoms with Gasteiger partial charge >= 0.3 is 5.97 Å². The van der Waals surface area contributed by atoms with Gasteiger partial charge in [0.25, 0.3) is 11.7 Å². The Hall–Kier alpha value is -2.54. The molecule has 1 aliphatic heterocycles. The van der Waals surface area contributed by atoms with Gasteiger partial charge in [0.1, 0.15) is 6.04 Å². The molecule has 0 unspecified atom stereocenters. The van der Waals surface area contributed by atoms with E-state index in [1.54, 1.807) is 29.9 Å². The van der Waals surface area contributed by atoms with Crippen molar-refractivity contribution in [2.24, 2.45) is 0 Å². The molecular formula is C18H18N2O4S. The first kappa shape index (κ1) is 17.3. The van der Waals surface area contributed by atoms with E-state index >= 15 is 0 Å². The summed E-state index contributed by atoms with van der Waals surface area (Å²) in [6, 6.07) is 6.52. The van der Waals surface area contributed by atoms with E-state index in [1.165, 1.54) is 16.2 Å². The van der Waals surface area contributed by atoms with Crippen molar-refractivity contribution in [2.75, 3.05) is 13.2 Å². The van der Waals surface area contributed by atoms with Crippen LogP contribution in [0.4, 0.5) is 0 Å². The topological polar surface area (TPSA) is 76.6 Å². The summed E-state index contributed by atoms with van der Waals surface area (Å²) < 4.78 is 5.26. The third-order valence-corrected chi connectivity index (χ3v) is 4.94. The fraction of sp³-hybridized carbons (Fsp3) is 0.333. The van der Waals surface area contributed by atoms with E-state index < -0.39 is 23.7 Å². The second kappa shape index (κ2) is 8.02. The highest BCUT2D eigenvalue weighted by atomic mass is 32.1. The van der Waals surface area contributed by atoms with Crippen LogP contribution in [0.5, 0.6) is 0 Å². The van der Waals surface area contributed by atoms with Gasteiger partial charge in [-0.25, -0.2) is 4.79 Å². The molecule has 130 valence electrons. The van der Waals surface area contributed by atoms with Crippen LogP contribution in [-0.4, -0.2) is 46.7 Å². The highest BCUT2D eigenvalue weighted by Crippen LogP contribution is 2.21. The number of aromatic nitrogens is 1. The van der Waals surface area contributed by atoms with Gasteiger partial charge in [0.05, 0.1) is 11.5 Å². The van der Waals surface area contributed by atoms with Crippen LogP contribution in [0.3, 0.4) is 0 Å². The van der Waals surface area contributed by atoms with Gasteiger partial charge in [0, 0.05) is 18.9 Å². The molecule has 2 aromatic heterocycles. The molecule has 7 heteroatoms. The Labute approximate surface area is 149 Å². The van der Waals surface area contributed by atoms with Crippen LogP contribution in [0.2, 0.25) is 0 Å². The van der Waals surface area contributed by atoms with Crippen molar-refractivity contribution in [1.82, 2.24) is 9.88 Å². The fourth-order valence-corrected chi connectivity index (χ4v) is 3.27. The maximum Gasteiger partial charge on any atom is 0.328 e. The summed E-state index contributed by atoms with van der Waals surface area (Å²) in [5.41, 5.74) is 1.08. The molecule has 3 heterocycles. The average molecular weight is 358 g/mol. The third-order valence-electron chi connectivity index (χ3n) is 4.07. The Kier molecular flexibility index (Phi) is 5.55. The van der Waals surface area contributed by atoms with E-state index in [2.05, 4.69) is 4.98 Å². The number of esters is 1. The number of carbonyl (C=O) groups excluding carboxylic acids is 3. The van der Waals surface area contributed by atoms with E-state index in [1.807, 2.05) is 12.1 Å². The Bertz CT molecular complexity index is 746. The molecule has 0 aliphatic carbocycles. The summed E-state index contributed by atoms with van der Waals surface area (Å²) in [4.78, 5) is 42.2. The number of likely N-dealkylation sites (tertiary alicyclic amines) is 1. The average Bonchev–Trinajstić information content (AvgIpc) is 3.12. The lowest BCUT2D eigenvalue weighted by Crippen LogP contribution is -2.57. The predicted octanol–water partition coefficient (Wildman–Crippen LogP) is 2.10. The minimum Gasteiger partial charge on any atom is -0.464 e. The molecule has 3 rings (SSSR count). The number of carbonyl (C=O) groups is 3. The lowest BCUT2D eigenvalue weighted by Gasteiger charge is -2.38.